The molecule has 2 aliphatic rings. The normalized spacial score (nSPS) is 22.8. The van der Waals surface area contributed by atoms with Crippen LogP contribution in [0.5, 0.6) is 0 Å². The maximum atomic E-state index is 12.5. The van der Waals surface area contributed by atoms with Crippen LogP contribution in [0.2, 0.25) is 0 Å². The number of rotatable bonds is 4. The van der Waals surface area contributed by atoms with E-state index in [4.69, 9.17) is 4.74 Å². The SMILES string of the molecule is O=C(OCC(=O)N1CCC[C@H]2CCCC[C@@H]21)c1ccc([N+](=O)[O-])cc1. The second kappa shape index (κ2) is 7.63. The molecule has 1 saturated heterocycles. The summed E-state index contributed by atoms with van der Waals surface area (Å²) in [7, 11) is 0. The highest BCUT2D eigenvalue weighted by Crippen LogP contribution is 2.35. The van der Waals surface area contributed by atoms with E-state index in [1.807, 2.05) is 4.90 Å². The number of esters is 1. The number of carbonyl (C=O) groups is 2. The largest absolute Gasteiger partial charge is 0.452 e. The van der Waals surface area contributed by atoms with Gasteiger partial charge in [0.1, 0.15) is 0 Å². The summed E-state index contributed by atoms with van der Waals surface area (Å²) in [6, 6.07) is 5.45. The fourth-order valence-electron chi connectivity index (χ4n) is 3.95. The van der Waals surface area contributed by atoms with E-state index in [-0.39, 0.29) is 29.8 Å². The first kappa shape index (κ1) is 17.4. The Bertz CT molecular complexity index is 656. The predicted octanol–water partition coefficient (Wildman–Crippen LogP) is 2.93. The third-order valence-corrected chi connectivity index (χ3v) is 5.20. The Morgan fingerprint density at radius 2 is 1.80 bits per heavy atom. The fraction of sp³-hybridized carbons (Fsp3) is 0.556. The Hall–Kier alpha value is -2.44. The van der Waals surface area contributed by atoms with Crippen molar-refractivity contribution in [2.24, 2.45) is 5.92 Å². The second-order valence-corrected chi connectivity index (χ2v) is 6.72. The van der Waals surface area contributed by atoms with Crippen LogP contribution in [0.4, 0.5) is 5.69 Å². The van der Waals surface area contributed by atoms with E-state index in [0.717, 1.165) is 25.8 Å². The van der Waals surface area contributed by atoms with Gasteiger partial charge in [0, 0.05) is 24.7 Å². The number of amides is 1. The standard InChI is InChI=1S/C18H22N2O5/c21-17(19-11-3-5-13-4-1-2-6-16(13)19)12-25-18(22)14-7-9-15(10-8-14)20(23)24/h7-10,13,16H,1-6,11-12H2/t13-,16+/m1/s1. The van der Waals surface area contributed by atoms with Gasteiger partial charge in [-0.15, -0.1) is 0 Å². The second-order valence-electron chi connectivity index (χ2n) is 6.72. The molecule has 0 aromatic heterocycles. The van der Waals surface area contributed by atoms with Crippen LogP contribution in [0.1, 0.15) is 48.9 Å². The Labute approximate surface area is 146 Å². The van der Waals surface area contributed by atoms with Gasteiger partial charge in [0.05, 0.1) is 10.5 Å². The molecule has 0 radical (unpaired) electrons. The molecule has 1 aromatic rings. The first-order valence-corrected chi connectivity index (χ1v) is 8.77. The Morgan fingerprint density at radius 1 is 1.12 bits per heavy atom. The van der Waals surface area contributed by atoms with Gasteiger partial charge in [-0.05, 0) is 43.7 Å². The molecule has 3 rings (SSSR count). The van der Waals surface area contributed by atoms with Crippen LogP contribution in [0, 0.1) is 16.0 Å². The van der Waals surface area contributed by atoms with Crippen LogP contribution in [0.15, 0.2) is 24.3 Å². The summed E-state index contributed by atoms with van der Waals surface area (Å²) in [5.74, 6) is -0.205. The lowest BCUT2D eigenvalue weighted by atomic mass is 9.78. The zero-order chi connectivity index (χ0) is 17.8. The number of fused-ring (bicyclic) bond motifs is 1. The topological polar surface area (TPSA) is 89.8 Å². The van der Waals surface area contributed by atoms with E-state index >= 15 is 0 Å². The highest BCUT2D eigenvalue weighted by atomic mass is 16.6. The molecule has 0 bridgehead atoms. The minimum Gasteiger partial charge on any atom is -0.452 e. The van der Waals surface area contributed by atoms with Crippen molar-refractivity contribution in [1.29, 1.82) is 0 Å². The summed E-state index contributed by atoms with van der Waals surface area (Å²) in [5, 5.41) is 10.6. The number of carbonyl (C=O) groups excluding carboxylic acids is 2. The van der Waals surface area contributed by atoms with Crippen molar-refractivity contribution in [3.63, 3.8) is 0 Å². The van der Waals surface area contributed by atoms with Gasteiger partial charge in [0.25, 0.3) is 11.6 Å². The average Bonchev–Trinajstić information content (AvgIpc) is 2.65. The van der Waals surface area contributed by atoms with Crippen LogP contribution in [-0.2, 0) is 9.53 Å². The molecule has 0 spiro atoms. The summed E-state index contributed by atoms with van der Waals surface area (Å²) in [4.78, 5) is 36.5. The van der Waals surface area contributed by atoms with E-state index in [1.54, 1.807) is 0 Å². The lowest BCUT2D eigenvalue weighted by molar-refractivity contribution is -0.384. The molecular weight excluding hydrogens is 324 g/mol. The lowest BCUT2D eigenvalue weighted by Crippen LogP contribution is -2.50. The van der Waals surface area contributed by atoms with Gasteiger partial charge >= 0.3 is 5.97 Å². The van der Waals surface area contributed by atoms with Crippen molar-refractivity contribution in [3.8, 4) is 0 Å². The van der Waals surface area contributed by atoms with Crippen LogP contribution in [0.3, 0.4) is 0 Å². The molecule has 1 aliphatic carbocycles. The monoisotopic (exact) mass is 346 g/mol. The van der Waals surface area contributed by atoms with Crippen molar-refractivity contribution in [1.82, 2.24) is 4.90 Å². The van der Waals surface area contributed by atoms with Gasteiger partial charge in [-0.25, -0.2) is 4.79 Å². The van der Waals surface area contributed by atoms with Crippen LogP contribution in [0.25, 0.3) is 0 Å². The van der Waals surface area contributed by atoms with Gasteiger partial charge < -0.3 is 9.64 Å². The van der Waals surface area contributed by atoms with Gasteiger partial charge in [-0.2, -0.15) is 0 Å². The van der Waals surface area contributed by atoms with Gasteiger partial charge in [-0.3, -0.25) is 14.9 Å². The zero-order valence-electron chi connectivity index (χ0n) is 14.1. The molecule has 1 saturated carbocycles. The maximum absolute atomic E-state index is 12.5. The number of non-ortho nitro benzene ring substituents is 1. The quantitative estimate of drug-likeness (QED) is 0.475. The van der Waals surface area contributed by atoms with Crippen molar-refractivity contribution in [2.75, 3.05) is 13.2 Å². The van der Waals surface area contributed by atoms with E-state index in [9.17, 15) is 19.7 Å². The Morgan fingerprint density at radius 3 is 2.52 bits per heavy atom. The average molecular weight is 346 g/mol. The lowest BCUT2D eigenvalue weighted by Gasteiger charge is -2.44. The molecule has 2 atom stereocenters. The zero-order valence-corrected chi connectivity index (χ0v) is 14.1. The van der Waals surface area contributed by atoms with Crippen LogP contribution < -0.4 is 0 Å². The molecular formula is C18H22N2O5. The first-order chi connectivity index (χ1) is 12.1. The molecule has 7 heteroatoms. The fourth-order valence-corrected chi connectivity index (χ4v) is 3.95. The smallest absolute Gasteiger partial charge is 0.338 e. The predicted molar refractivity (Wildman–Crippen MR) is 90.1 cm³/mol. The van der Waals surface area contributed by atoms with Gasteiger partial charge in [0.2, 0.25) is 0 Å². The first-order valence-electron chi connectivity index (χ1n) is 8.77. The number of hydrogen-bond acceptors (Lipinski definition) is 5. The number of nitrogens with zero attached hydrogens (tertiary/aromatic N) is 2. The van der Waals surface area contributed by atoms with E-state index in [0.29, 0.717) is 5.92 Å². The molecule has 1 aromatic carbocycles. The molecule has 2 fully saturated rings. The minimum absolute atomic E-state index is 0.0933. The van der Waals surface area contributed by atoms with Crippen LogP contribution >= 0.6 is 0 Å². The molecule has 7 nitrogen and oxygen atoms in total. The van der Waals surface area contributed by atoms with Gasteiger partial charge in [-0.1, -0.05) is 12.8 Å². The summed E-state index contributed by atoms with van der Waals surface area (Å²) in [6.07, 6.45) is 6.77. The summed E-state index contributed by atoms with van der Waals surface area (Å²) in [5.41, 5.74) is 0.108. The molecule has 25 heavy (non-hydrogen) atoms. The summed E-state index contributed by atoms with van der Waals surface area (Å²) < 4.78 is 5.12. The minimum atomic E-state index is -0.638. The number of hydrogen-bond donors (Lipinski definition) is 0. The Balaban J connectivity index is 1.56. The Kier molecular flexibility index (Phi) is 5.31. The number of piperidine rings is 1. The molecule has 1 aliphatic heterocycles. The van der Waals surface area contributed by atoms with E-state index in [2.05, 4.69) is 0 Å². The molecule has 1 amide bonds. The van der Waals surface area contributed by atoms with E-state index in [1.165, 1.54) is 43.5 Å². The number of nitro groups is 1. The van der Waals surface area contributed by atoms with Crippen molar-refractivity contribution in [2.45, 2.75) is 44.6 Å². The maximum Gasteiger partial charge on any atom is 0.338 e. The third-order valence-electron chi connectivity index (χ3n) is 5.20. The highest BCUT2D eigenvalue weighted by Gasteiger charge is 2.35. The van der Waals surface area contributed by atoms with Crippen molar-refractivity contribution < 1.29 is 19.2 Å². The summed E-state index contributed by atoms with van der Waals surface area (Å²) in [6.45, 7) is 0.453. The van der Waals surface area contributed by atoms with Gasteiger partial charge in [0.15, 0.2) is 6.61 Å². The molecule has 0 N–H and O–H groups in total. The number of benzene rings is 1. The summed E-state index contributed by atoms with van der Waals surface area (Å²) >= 11 is 0. The molecule has 1 heterocycles. The molecule has 0 unspecified atom stereocenters. The van der Waals surface area contributed by atoms with E-state index < -0.39 is 10.9 Å². The number of nitro benzene ring substituents is 1. The number of ether oxygens (including phenoxy) is 1. The van der Waals surface area contributed by atoms with Crippen molar-refractivity contribution >= 4 is 17.6 Å². The highest BCUT2D eigenvalue weighted by molar-refractivity contribution is 5.91. The third kappa shape index (κ3) is 3.97. The van der Waals surface area contributed by atoms with Crippen LogP contribution in [-0.4, -0.2) is 40.9 Å². The van der Waals surface area contributed by atoms with Crippen molar-refractivity contribution in [3.05, 3.63) is 39.9 Å². The number of likely N-dealkylation sites (tertiary alicyclic amines) is 1. The molecule has 134 valence electrons.